The highest BCUT2D eigenvalue weighted by molar-refractivity contribution is 9.10. The van der Waals surface area contributed by atoms with Crippen LogP contribution >= 0.6 is 15.9 Å². The first-order valence-corrected chi connectivity index (χ1v) is 7.79. The second-order valence-electron chi connectivity index (χ2n) is 5.20. The van der Waals surface area contributed by atoms with E-state index in [1.165, 1.54) is 32.7 Å². The van der Waals surface area contributed by atoms with Crippen molar-refractivity contribution >= 4 is 37.5 Å². The van der Waals surface area contributed by atoms with E-state index in [-0.39, 0.29) is 0 Å². The molecule has 0 saturated carbocycles. The van der Waals surface area contributed by atoms with Gasteiger partial charge < -0.3 is 0 Å². The first-order valence-electron chi connectivity index (χ1n) is 6.99. The molecule has 0 spiro atoms. The Balaban J connectivity index is 2.09. The van der Waals surface area contributed by atoms with Crippen molar-refractivity contribution in [3.8, 4) is 11.1 Å². The summed E-state index contributed by atoms with van der Waals surface area (Å²) in [5.41, 5.74) is 2.58. The zero-order valence-corrected chi connectivity index (χ0v) is 13.0. The van der Waals surface area contributed by atoms with Gasteiger partial charge in [-0.15, -0.1) is 0 Å². The van der Waals surface area contributed by atoms with Crippen LogP contribution in [-0.4, -0.2) is 0 Å². The fraction of sp³-hybridized carbons (Fsp3) is 0. The molecular formula is C20H13Br. The molecule has 0 heterocycles. The van der Waals surface area contributed by atoms with E-state index in [1.807, 2.05) is 0 Å². The number of rotatable bonds is 1. The highest BCUT2D eigenvalue weighted by atomic mass is 79.9. The summed E-state index contributed by atoms with van der Waals surface area (Å²) >= 11 is 3.55. The molecule has 0 aliphatic rings. The van der Waals surface area contributed by atoms with Crippen molar-refractivity contribution < 1.29 is 0 Å². The quantitative estimate of drug-likeness (QED) is 0.377. The number of halogens is 1. The minimum Gasteiger partial charge on any atom is -0.0616 e. The average molecular weight is 333 g/mol. The van der Waals surface area contributed by atoms with Crippen molar-refractivity contribution in [1.82, 2.24) is 0 Å². The summed E-state index contributed by atoms with van der Waals surface area (Å²) in [6.07, 6.45) is 0. The SMILES string of the molecule is Brc1ccc2c(-c3cccc4ccccc34)cccc2c1. The first-order chi connectivity index (χ1) is 10.3. The van der Waals surface area contributed by atoms with Crippen LogP contribution in [0.4, 0.5) is 0 Å². The molecular weight excluding hydrogens is 320 g/mol. The number of hydrogen-bond acceptors (Lipinski definition) is 0. The number of benzene rings is 4. The van der Waals surface area contributed by atoms with Crippen LogP contribution in [0.15, 0.2) is 83.3 Å². The predicted octanol–water partition coefficient (Wildman–Crippen LogP) is 6.42. The Hall–Kier alpha value is -2.12. The normalized spacial score (nSPS) is 11.1. The Morgan fingerprint density at radius 2 is 1.14 bits per heavy atom. The smallest absolute Gasteiger partial charge is 0.0181 e. The molecule has 4 aromatic carbocycles. The van der Waals surface area contributed by atoms with Crippen molar-refractivity contribution in [1.29, 1.82) is 0 Å². The van der Waals surface area contributed by atoms with E-state index in [0.717, 1.165) is 4.47 Å². The van der Waals surface area contributed by atoms with Gasteiger partial charge in [0.1, 0.15) is 0 Å². The van der Waals surface area contributed by atoms with Gasteiger partial charge in [-0.05, 0) is 44.8 Å². The molecule has 0 amide bonds. The largest absolute Gasteiger partial charge is 0.0616 e. The lowest BCUT2D eigenvalue weighted by molar-refractivity contribution is 1.67. The molecule has 0 fully saturated rings. The van der Waals surface area contributed by atoms with Crippen LogP contribution in [0.25, 0.3) is 32.7 Å². The molecule has 0 aromatic heterocycles. The fourth-order valence-electron chi connectivity index (χ4n) is 2.95. The van der Waals surface area contributed by atoms with Crippen molar-refractivity contribution in [2.75, 3.05) is 0 Å². The third-order valence-corrected chi connectivity index (χ3v) is 4.42. The molecule has 100 valence electrons. The highest BCUT2D eigenvalue weighted by Gasteiger charge is 2.07. The lowest BCUT2D eigenvalue weighted by atomic mass is 9.94. The second kappa shape index (κ2) is 5.01. The van der Waals surface area contributed by atoms with Gasteiger partial charge in [0.15, 0.2) is 0 Å². The standard InChI is InChI=1S/C20H13Br/c21-16-11-12-18-15(13-16)7-4-10-20(18)19-9-3-6-14-5-1-2-8-17(14)19/h1-13H. The van der Waals surface area contributed by atoms with E-state index < -0.39 is 0 Å². The maximum absolute atomic E-state index is 3.55. The van der Waals surface area contributed by atoms with Gasteiger partial charge in [-0.25, -0.2) is 0 Å². The summed E-state index contributed by atoms with van der Waals surface area (Å²) in [6, 6.07) is 28.0. The molecule has 0 radical (unpaired) electrons. The highest BCUT2D eigenvalue weighted by Crippen LogP contribution is 2.34. The molecule has 4 aromatic rings. The van der Waals surface area contributed by atoms with E-state index in [4.69, 9.17) is 0 Å². The molecule has 1 heteroatoms. The van der Waals surface area contributed by atoms with E-state index in [9.17, 15) is 0 Å². The van der Waals surface area contributed by atoms with E-state index in [0.29, 0.717) is 0 Å². The van der Waals surface area contributed by atoms with Crippen LogP contribution in [0.2, 0.25) is 0 Å². The van der Waals surface area contributed by atoms with Gasteiger partial charge in [0.2, 0.25) is 0 Å². The summed E-state index contributed by atoms with van der Waals surface area (Å²) in [5, 5.41) is 5.13. The Morgan fingerprint density at radius 3 is 1.95 bits per heavy atom. The number of hydrogen-bond donors (Lipinski definition) is 0. The molecule has 0 aliphatic heterocycles. The Morgan fingerprint density at radius 1 is 0.524 bits per heavy atom. The van der Waals surface area contributed by atoms with E-state index >= 15 is 0 Å². The minimum absolute atomic E-state index is 1.12. The molecule has 0 unspecified atom stereocenters. The van der Waals surface area contributed by atoms with Gasteiger partial charge in [0.05, 0.1) is 0 Å². The average Bonchev–Trinajstić information content (AvgIpc) is 2.53. The molecule has 21 heavy (non-hydrogen) atoms. The number of fused-ring (bicyclic) bond motifs is 2. The molecule has 0 saturated heterocycles. The lowest BCUT2D eigenvalue weighted by Crippen LogP contribution is -1.84. The summed E-state index contributed by atoms with van der Waals surface area (Å²) in [5.74, 6) is 0. The van der Waals surface area contributed by atoms with Gasteiger partial charge in [-0.3, -0.25) is 0 Å². The van der Waals surface area contributed by atoms with Crippen LogP contribution in [0.1, 0.15) is 0 Å². The molecule has 0 nitrogen and oxygen atoms in total. The Bertz CT molecular complexity index is 949. The van der Waals surface area contributed by atoms with Gasteiger partial charge >= 0.3 is 0 Å². The van der Waals surface area contributed by atoms with Gasteiger partial charge in [-0.2, -0.15) is 0 Å². The van der Waals surface area contributed by atoms with Crippen LogP contribution in [-0.2, 0) is 0 Å². The Labute approximate surface area is 132 Å². The van der Waals surface area contributed by atoms with Gasteiger partial charge in [0, 0.05) is 4.47 Å². The molecule has 0 atom stereocenters. The Kier molecular flexibility index (Phi) is 3.01. The third-order valence-electron chi connectivity index (χ3n) is 3.92. The summed E-state index contributed by atoms with van der Waals surface area (Å²) in [6.45, 7) is 0. The van der Waals surface area contributed by atoms with Crippen LogP contribution in [0, 0.1) is 0 Å². The topological polar surface area (TPSA) is 0 Å². The van der Waals surface area contributed by atoms with Gasteiger partial charge in [-0.1, -0.05) is 82.7 Å². The van der Waals surface area contributed by atoms with Crippen molar-refractivity contribution in [2.24, 2.45) is 0 Å². The summed E-state index contributed by atoms with van der Waals surface area (Å²) in [7, 11) is 0. The van der Waals surface area contributed by atoms with Crippen molar-refractivity contribution in [2.45, 2.75) is 0 Å². The van der Waals surface area contributed by atoms with E-state index in [2.05, 4.69) is 94.8 Å². The molecule has 0 N–H and O–H groups in total. The molecule has 0 bridgehead atoms. The summed E-state index contributed by atoms with van der Waals surface area (Å²) < 4.78 is 1.12. The van der Waals surface area contributed by atoms with Gasteiger partial charge in [0.25, 0.3) is 0 Å². The molecule has 4 rings (SSSR count). The van der Waals surface area contributed by atoms with E-state index in [1.54, 1.807) is 0 Å². The third kappa shape index (κ3) is 2.14. The first kappa shape index (κ1) is 12.6. The predicted molar refractivity (Wildman–Crippen MR) is 94.6 cm³/mol. The second-order valence-corrected chi connectivity index (χ2v) is 6.11. The van der Waals surface area contributed by atoms with Crippen LogP contribution in [0.3, 0.4) is 0 Å². The maximum atomic E-state index is 3.55. The molecule has 0 aliphatic carbocycles. The zero-order chi connectivity index (χ0) is 14.2. The van der Waals surface area contributed by atoms with Crippen LogP contribution < -0.4 is 0 Å². The minimum atomic E-state index is 1.12. The summed E-state index contributed by atoms with van der Waals surface area (Å²) in [4.78, 5) is 0. The zero-order valence-electron chi connectivity index (χ0n) is 11.4. The lowest BCUT2D eigenvalue weighted by Gasteiger charge is -2.10. The van der Waals surface area contributed by atoms with Crippen molar-refractivity contribution in [3.63, 3.8) is 0 Å². The van der Waals surface area contributed by atoms with Crippen molar-refractivity contribution in [3.05, 3.63) is 83.3 Å². The van der Waals surface area contributed by atoms with Crippen LogP contribution in [0.5, 0.6) is 0 Å². The maximum Gasteiger partial charge on any atom is 0.0181 e. The fourth-order valence-corrected chi connectivity index (χ4v) is 3.33. The monoisotopic (exact) mass is 332 g/mol.